The number of rotatable bonds is 4. The zero-order chi connectivity index (χ0) is 18.8. The molecule has 0 fully saturated rings. The summed E-state index contributed by atoms with van der Waals surface area (Å²) in [7, 11) is 0. The second-order valence-electron chi connectivity index (χ2n) is 5.75. The summed E-state index contributed by atoms with van der Waals surface area (Å²) in [5.74, 6) is -0.188. The Kier molecular flexibility index (Phi) is 4.61. The number of aromatic nitrogens is 1. The Labute approximate surface area is 154 Å². The predicted molar refractivity (Wildman–Crippen MR) is 106 cm³/mol. The van der Waals surface area contributed by atoms with E-state index in [1.807, 2.05) is 31.2 Å². The van der Waals surface area contributed by atoms with Crippen molar-refractivity contribution < 1.29 is 4.79 Å². The van der Waals surface area contributed by atoms with E-state index in [0.717, 1.165) is 22.5 Å². The van der Waals surface area contributed by atoms with Gasteiger partial charge in [-0.25, -0.2) is 4.98 Å². The van der Waals surface area contributed by atoms with Gasteiger partial charge in [-0.05, 0) is 12.5 Å². The highest BCUT2D eigenvalue weighted by Crippen LogP contribution is 2.42. The fraction of sp³-hybridized carbons (Fsp3) is 0.105. The Morgan fingerprint density at radius 1 is 1.38 bits per heavy atom. The highest BCUT2D eigenvalue weighted by atomic mass is 32.1. The molecule has 1 amide bonds. The number of fused-ring (bicyclic) bond motifs is 1. The molecule has 26 heavy (non-hydrogen) atoms. The molecule has 0 saturated heterocycles. The molecular weight excluding hydrogens is 346 g/mol. The summed E-state index contributed by atoms with van der Waals surface area (Å²) >= 11 is 1.16. The molecule has 1 aromatic carbocycles. The molecule has 0 aliphatic carbocycles. The van der Waals surface area contributed by atoms with Crippen molar-refractivity contribution in [3.8, 4) is 17.2 Å². The average Bonchev–Trinajstić information content (AvgIpc) is 2.95. The third-order valence-corrected chi connectivity index (χ3v) is 5.07. The molecule has 0 bridgehead atoms. The van der Waals surface area contributed by atoms with Gasteiger partial charge in [0.05, 0.1) is 5.69 Å². The molecule has 6 nitrogen and oxygen atoms in total. The van der Waals surface area contributed by atoms with E-state index in [4.69, 9.17) is 11.5 Å². The van der Waals surface area contributed by atoms with E-state index in [1.54, 1.807) is 6.08 Å². The van der Waals surface area contributed by atoms with Crippen LogP contribution in [0.1, 0.15) is 20.8 Å². The van der Waals surface area contributed by atoms with E-state index in [9.17, 15) is 10.1 Å². The number of nitrogens with zero attached hydrogens (tertiary/aromatic N) is 2. The van der Waals surface area contributed by atoms with Crippen LogP contribution >= 0.6 is 11.3 Å². The van der Waals surface area contributed by atoms with Gasteiger partial charge in [0.1, 0.15) is 27.2 Å². The van der Waals surface area contributed by atoms with Gasteiger partial charge in [-0.2, -0.15) is 5.26 Å². The molecule has 5 N–H and O–H groups in total. The summed E-state index contributed by atoms with van der Waals surface area (Å²) in [4.78, 5) is 17.5. The number of carbonyl (C=O) groups is 1. The minimum Gasteiger partial charge on any atom is -0.397 e. The van der Waals surface area contributed by atoms with Gasteiger partial charge >= 0.3 is 0 Å². The van der Waals surface area contributed by atoms with Gasteiger partial charge in [-0.1, -0.05) is 35.9 Å². The summed E-state index contributed by atoms with van der Waals surface area (Å²) in [5.41, 5.74) is 15.3. The second-order valence-corrected chi connectivity index (χ2v) is 6.75. The van der Waals surface area contributed by atoms with Crippen LogP contribution in [0.3, 0.4) is 0 Å². The Morgan fingerprint density at radius 3 is 2.69 bits per heavy atom. The number of amides is 1. The first-order valence-corrected chi connectivity index (χ1v) is 8.67. The van der Waals surface area contributed by atoms with Gasteiger partial charge < -0.3 is 16.8 Å². The number of nitrogens with one attached hydrogen (secondary N) is 1. The maximum absolute atomic E-state index is 12.4. The van der Waals surface area contributed by atoms with Crippen LogP contribution < -0.4 is 16.8 Å². The number of nitrogen functional groups attached to an aromatic ring is 2. The summed E-state index contributed by atoms with van der Waals surface area (Å²) < 4.78 is 0. The van der Waals surface area contributed by atoms with Crippen molar-refractivity contribution in [3.63, 3.8) is 0 Å². The molecule has 7 heteroatoms. The van der Waals surface area contributed by atoms with E-state index < -0.39 is 0 Å². The first kappa shape index (κ1) is 17.5. The van der Waals surface area contributed by atoms with Crippen molar-refractivity contribution in [3.05, 3.63) is 52.9 Å². The van der Waals surface area contributed by atoms with Crippen molar-refractivity contribution in [2.24, 2.45) is 0 Å². The van der Waals surface area contributed by atoms with E-state index in [-0.39, 0.29) is 17.3 Å². The van der Waals surface area contributed by atoms with E-state index >= 15 is 0 Å². The van der Waals surface area contributed by atoms with E-state index in [2.05, 4.69) is 22.9 Å². The topological polar surface area (TPSA) is 118 Å². The number of anilines is 2. The van der Waals surface area contributed by atoms with Crippen molar-refractivity contribution in [2.75, 3.05) is 18.0 Å². The maximum Gasteiger partial charge on any atom is 0.263 e. The number of aryl methyl sites for hydroxylation is 1. The van der Waals surface area contributed by atoms with E-state index in [0.29, 0.717) is 32.9 Å². The molecule has 0 spiro atoms. The molecule has 2 aromatic heterocycles. The van der Waals surface area contributed by atoms with E-state index in [1.165, 1.54) is 0 Å². The lowest BCUT2D eigenvalue weighted by molar-refractivity contribution is 0.0963. The van der Waals surface area contributed by atoms with Crippen molar-refractivity contribution in [1.82, 2.24) is 10.3 Å². The quantitative estimate of drug-likeness (QED) is 0.615. The SMILES string of the molecule is C=CCNC(=O)c1sc2nc(N)c(C#N)c(-c3ccc(C)cc3)c2c1N. The molecule has 0 aliphatic heterocycles. The van der Waals surface area contributed by atoms with Gasteiger partial charge in [0, 0.05) is 17.5 Å². The lowest BCUT2D eigenvalue weighted by Crippen LogP contribution is -2.22. The van der Waals surface area contributed by atoms with Crippen LogP contribution in [0.2, 0.25) is 0 Å². The number of hydrogen-bond donors (Lipinski definition) is 3. The second kappa shape index (κ2) is 6.86. The summed E-state index contributed by atoms with van der Waals surface area (Å²) in [6, 6.07) is 9.81. The monoisotopic (exact) mass is 363 g/mol. The molecule has 3 rings (SSSR count). The minimum absolute atomic E-state index is 0.120. The Hall–Kier alpha value is -3.37. The maximum atomic E-state index is 12.4. The number of nitriles is 1. The number of hydrogen-bond acceptors (Lipinski definition) is 6. The van der Waals surface area contributed by atoms with Gasteiger partial charge in [0.25, 0.3) is 5.91 Å². The van der Waals surface area contributed by atoms with Crippen molar-refractivity contribution in [1.29, 1.82) is 5.26 Å². The van der Waals surface area contributed by atoms with Gasteiger partial charge in [0.2, 0.25) is 0 Å². The van der Waals surface area contributed by atoms with Crippen LogP contribution in [0, 0.1) is 18.3 Å². The molecular formula is C19H17N5OS. The molecule has 0 radical (unpaired) electrons. The van der Waals surface area contributed by atoms with Gasteiger partial charge in [0.15, 0.2) is 0 Å². The lowest BCUT2D eigenvalue weighted by Gasteiger charge is -2.10. The smallest absolute Gasteiger partial charge is 0.263 e. The Bertz CT molecular complexity index is 1060. The molecule has 0 unspecified atom stereocenters. The third-order valence-electron chi connectivity index (χ3n) is 3.97. The first-order chi connectivity index (χ1) is 12.5. The highest BCUT2D eigenvalue weighted by Gasteiger charge is 2.23. The van der Waals surface area contributed by atoms with Crippen LogP contribution in [-0.4, -0.2) is 17.4 Å². The number of nitrogens with two attached hydrogens (primary N) is 2. The molecule has 0 atom stereocenters. The third kappa shape index (κ3) is 2.87. The number of pyridine rings is 1. The Balaban J connectivity index is 2.32. The van der Waals surface area contributed by atoms with Crippen molar-refractivity contribution in [2.45, 2.75) is 6.92 Å². The zero-order valence-electron chi connectivity index (χ0n) is 14.2. The zero-order valence-corrected chi connectivity index (χ0v) is 15.0. The predicted octanol–water partition coefficient (Wildman–Crippen LogP) is 3.22. The number of carbonyl (C=O) groups excluding carboxylic acids is 1. The summed E-state index contributed by atoms with van der Waals surface area (Å²) in [6.45, 7) is 5.89. The Morgan fingerprint density at radius 2 is 2.08 bits per heavy atom. The van der Waals surface area contributed by atoms with Crippen LogP contribution in [0.15, 0.2) is 36.9 Å². The fourth-order valence-corrected chi connectivity index (χ4v) is 3.73. The fourth-order valence-electron chi connectivity index (χ4n) is 2.71. The normalized spacial score (nSPS) is 10.5. The number of benzene rings is 1. The molecule has 2 heterocycles. The summed E-state index contributed by atoms with van der Waals surface area (Å²) in [5, 5.41) is 12.9. The van der Waals surface area contributed by atoms with Gasteiger partial charge in [-0.15, -0.1) is 17.9 Å². The van der Waals surface area contributed by atoms with Crippen LogP contribution in [-0.2, 0) is 0 Å². The molecule has 3 aromatic rings. The molecule has 0 aliphatic rings. The minimum atomic E-state index is -0.308. The molecule has 130 valence electrons. The first-order valence-electron chi connectivity index (χ1n) is 7.85. The van der Waals surface area contributed by atoms with Gasteiger partial charge in [-0.3, -0.25) is 4.79 Å². The highest BCUT2D eigenvalue weighted by molar-refractivity contribution is 7.21. The van der Waals surface area contributed by atoms with Crippen LogP contribution in [0.25, 0.3) is 21.3 Å². The summed E-state index contributed by atoms with van der Waals surface area (Å²) in [6.07, 6.45) is 1.59. The van der Waals surface area contributed by atoms with Crippen LogP contribution in [0.4, 0.5) is 11.5 Å². The lowest BCUT2D eigenvalue weighted by atomic mass is 9.96. The largest absolute Gasteiger partial charge is 0.397 e. The van der Waals surface area contributed by atoms with Crippen LogP contribution in [0.5, 0.6) is 0 Å². The van der Waals surface area contributed by atoms with Crippen molar-refractivity contribution >= 4 is 39.0 Å². The standard InChI is InChI=1S/C19H17N5OS/c1-3-8-23-18(25)16-15(21)14-13(11-6-4-10(2)5-7-11)12(9-20)17(22)24-19(14)26-16/h3-7H,1,8,21H2,2H3,(H2,22,24)(H,23,25). The molecule has 0 saturated carbocycles. The number of thiophene rings is 1. The average molecular weight is 363 g/mol.